The van der Waals surface area contributed by atoms with Gasteiger partial charge in [0.15, 0.2) is 0 Å². The van der Waals surface area contributed by atoms with Crippen molar-refractivity contribution in [2.24, 2.45) is 0 Å². The summed E-state index contributed by atoms with van der Waals surface area (Å²) in [5.41, 5.74) is 2.46. The molecule has 0 radical (unpaired) electrons. The standard InChI is InChI=1S/C25H32N2O4/c1-25(2,3)20-9-7-18(8-10-20)23(28)26-11-6-12-27(14-13-26)24(29)19-15-21(30-4)17-22(16-19)31-5/h7-10,15-17H,6,11-14H2,1-5H3. The molecule has 0 aliphatic carbocycles. The van der Waals surface area contributed by atoms with Crippen molar-refractivity contribution in [2.45, 2.75) is 32.6 Å². The zero-order valence-electron chi connectivity index (χ0n) is 19.1. The van der Waals surface area contributed by atoms with Crippen LogP contribution in [0.4, 0.5) is 0 Å². The van der Waals surface area contributed by atoms with E-state index in [9.17, 15) is 9.59 Å². The fourth-order valence-electron chi connectivity index (χ4n) is 3.73. The van der Waals surface area contributed by atoms with Gasteiger partial charge < -0.3 is 19.3 Å². The first-order valence-corrected chi connectivity index (χ1v) is 10.6. The molecule has 2 aromatic carbocycles. The number of nitrogens with zero attached hydrogens (tertiary/aromatic N) is 2. The first kappa shape index (κ1) is 22.7. The molecule has 1 aliphatic heterocycles. The van der Waals surface area contributed by atoms with Gasteiger partial charge in [0, 0.05) is 43.4 Å². The van der Waals surface area contributed by atoms with E-state index < -0.39 is 0 Å². The van der Waals surface area contributed by atoms with E-state index in [-0.39, 0.29) is 17.2 Å². The molecule has 2 aromatic rings. The van der Waals surface area contributed by atoms with Crippen LogP contribution in [0.1, 0.15) is 53.5 Å². The fraction of sp³-hybridized carbons (Fsp3) is 0.440. The van der Waals surface area contributed by atoms with Crippen LogP contribution in [0.15, 0.2) is 42.5 Å². The molecule has 6 nitrogen and oxygen atoms in total. The van der Waals surface area contributed by atoms with Crippen LogP contribution in [0.2, 0.25) is 0 Å². The van der Waals surface area contributed by atoms with Gasteiger partial charge in [0.25, 0.3) is 11.8 Å². The first-order chi connectivity index (χ1) is 14.7. The lowest BCUT2D eigenvalue weighted by Crippen LogP contribution is -2.37. The minimum Gasteiger partial charge on any atom is -0.497 e. The Morgan fingerprint density at radius 1 is 0.742 bits per heavy atom. The highest BCUT2D eigenvalue weighted by atomic mass is 16.5. The zero-order chi connectivity index (χ0) is 22.6. The lowest BCUT2D eigenvalue weighted by molar-refractivity contribution is 0.0718. The Bertz CT molecular complexity index is 909. The lowest BCUT2D eigenvalue weighted by Gasteiger charge is -2.23. The number of ether oxygens (including phenoxy) is 2. The van der Waals surface area contributed by atoms with Gasteiger partial charge in [-0.1, -0.05) is 32.9 Å². The highest BCUT2D eigenvalue weighted by molar-refractivity contribution is 5.96. The molecule has 0 bridgehead atoms. The van der Waals surface area contributed by atoms with Gasteiger partial charge >= 0.3 is 0 Å². The van der Waals surface area contributed by atoms with Gasteiger partial charge in [0.1, 0.15) is 11.5 Å². The number of carbonyl (C=O) groups excluding carboxylic acids is 2. The second kappa shape index (κ2) is 9.41. The smallest absolute Gasteiger partial charge is 0.254 e. The molecule has 0 unspecified atom stereocenters. The third-order valence-corrected chi connectivity index (χ3v) is 5.67. The Morgan fingerprint density at radius 3 is 1.68 bits per heavy atom. The maximum absolute atomic E-state index is 13.1. The number of methoxy groups -OCH3 is 2. The maximum Gasteiger partial charge on any atom is 0.254 e. The normalized spacial score (nSPS) is 14.7. The summed E-state index contributed by atoms with van der Waals surface area (Å²) in [5.74, 6) is 1.08. The van der Waals surface area contributed by atoms with Crippen molar-refractivity contribution in [1.82, 2.24) is 9.80 Å². The fourth-order valence-corrected chi connectivity index (χ4v) is 3.73. The van der Waals surface area contributed by atoms with E-state index in [0.717, 1.165) is 6.42 Å². The molecule has 0 aromatic heterocycles. The summed E-state index contributed by atoms with van der Waals surface area (Å²) in [5, 5.41) is 0. The van der Waals surface area contributed by atoms with E-state index in [4.69, 9.17) is 9.47 Å². The highest BCUT2D eigenvalue weighted by Crippen LogP contribution is 2.25. The summed E-state index contributed by atoms with van der Waals surface area (Å²) in [4.78, 5) is 29.7. The van der Waals surface area contributed by atoms with Crippen molar-refractivity contribution >= 4 is 11.8 Å². The van der Waals surface area contributed by atoms with Crippen molar-refractivity contribution in [3.05, 3.63) is 59.2 Å². The predicted molar refractivity (Wildman–Crippen MR) is 121 cm³/mol. The molecule has 1 heterocycles. The Morgan fingerprint density at radius 2 is 1.23 bits per heavy atom. The Labute approximate surface area is 184 Å². The van der Waals surface area contributed by atoms with E-state index in [1.165, 1.54) is 5.56 Å². The largest absolute Gasteiger partial charge is 0.497 e. The molecule has 166 valence electrons. The SMILES string of the molecule is COc1cc(OC)cc(C(=O)N2CCCN(C(=O)c3ccc(C(C)(C)C)cc3)CC2)c1. The van der Waals surface area contributed by atoms with E-state index in [0.29, 0.717) is 48.8 Å². The molecule has 3 rings (SSSR count). The number of benzene rings is 2. The van der Waals surface area contributed by atoms with Gasteiger partial charge in [0.05, 0.1) is 14.2 Å². The first-order valence-electron chi connectivity index (χ1n) is 10.6. The predicted octanol–water partition coefficient (Wildman–Crippen LogP) is 3.99. The summed E-state index contributed by atoms with van der Waals surface area (Å²) in [7, 11) is 3.12. The second-order valence-electron chi connectivity index (χ2n) is 8.87. The van der Waals surface area contributed by atoms with Crippen LogP contribution in [0.3, 0.4) is 0 Å². The Hall–Kier alpha value is -3.02. The van der Waals surface area contributed by atoms with Crippen molar-refractivity contribution in [3.63, 3.8) is 0 Å². The number of amides is 2. The van der Waals surface area contributed by atoms with Crippen LogP contribution in [0.5, 0.6) is 11.5 Å². The van der Waals surface area contributed by atoms with Crippen LogP contribution in [-0.4, -0.2) is 62.0 Å². The average molecular weight is 425 g/mol. The summed E-state index contributed by atoms with van der Waals surface area (Å²) in [6.07, 6.45) is 0.735. The minimum absolute atomic E-state index is 0.0119. The van der Waals surface area contributed by atoms with Crippen molar-refractivity contribution in [1.29, 1.82) is 0 Å². The topological polar surface area (TPSA) is 59.1 Å². The van der Waals surface area contributed by atoms with Crippen molar-refractivity contribution in [2.75, 3.05) is 40.4 Å². The molecular formula is C25H32N2O4. The molecule has 31 heavy (non-hydrogen) atoms. The molecule has 1 fully saturated rings. The number of hydrogen-bond acceptors (Lipinski definition) is 4. The Balaban J connectivity index is 1.69. The van der Waals surface area contributed by atoms with Crippen molar-refractivity contribution < 1.29 is 19.1 Å². The molecule has 0 saturated carbocycles. The minimum atomic E-state index is -0.0824. The van der Waals surface area contributed by atoms with Crippen LogP contribution in [0, 0.1) is 0 Å². The van der Waals surface area contributed by atoms with E-state index in [2.05, 4.69) is 20.8 Å². The van der Waals surface area contributed by atoms with Crippen LogP contribution >= 0.6 is 0 Å². The van der Waals surface area contributed by atoms with Crippen LogP contribution in [-0.2, 0) is 5.41 Å². The second-order valence-corrected chi connectivity index (χ2v) is 8.87. The van der Waals surface area contributed by atoms with Gasteiger partial charge in [0.2, 0.25) is 0 Å². The van der Waals surface area contributed by atoms with E-state index in [1.54, 1.807) is 37.3 Å². The third kappa shape index (κ3) is 5.37. The lowest BCUT2D eigenvalue weighted by atomic mass is 9.86. The van der Waals surface area contributed by atoms with Gasteiger partial charge in [-0.05, 0) is 41.7 Å². The maximum atomic E-state index is 13.1. The molecule has 2 amide bonds. The number of carbonyl (C=O) groups is 2. The Kier molecular flexibility index (Phi) is 6.88. The molecule has 1 aliphatic rings. The van der Waals surface area contributed by atoms with E-state index in [1.807, 2.05) is 29.2 Å². The molecular weight excluding hydrogens is 392 g/mol. The monoisotopic (exact) mass is 424 g/mol. The van der Waals surface area contributed by atoms with Gasteiger partial charge in [-0.25, -0.2) is 0 Å². The summed E-state index contributed by atoms with van der Waals surface area (Å²) < 4.78 is 10.6. The number of rotatable bonds is 4. The van der Waals surface area contributed by atoms with Gasteiger partial charge in [-0.15, -0.1) is 0 Å². The molecule has 0 N–H and O–H groups in total. The average Bonchev–Trinajstić information content (AvgIpc) is 3.03. The van der Waals surface area contributed by atoms with Crippen molar-refractivity contribution in [3.8, 4) is 11.5 Å². The summed E-state index contributed by atoms with van der Waals surface area (Å²) in [6.45, 7) is 8.69. The summed E-state index contributed by atoms with van der Waals surface area (Å²) in [6, 6.07) is 13.0. The molecule has 0 atom stereocenters. The quantitative estimate of drug-likeness (QED) is 0.745. The van der Waals surface area contributed by atoms with Crippen LogP contribution in [0.25, 0.3) is 0 Å². The van der Waals surface area contributed by atoms with Gasteiger partial charge in [-0.2, -0.15) is 0 Å². The van der Waals surface area contributed by atoms with E-state index >= 15 is 0 Å². The molecule has 1 saturated heterocycles. The summed E-state index contributed by atoms with van der Waals surface area (Å²) >= 11 is 0. The zero-order valence-corrected chi connectivity index (χ0v) is 19.1. The number of hydrogen-bond donors (Lipinski definition) is 0. The van der Waals surface area contributed by atoms with Crippen LogP contribution < -0.4 is 9.47 Å². The molecule has 0 spiro atoms. The molecule has 6 heteroatoms. The third-order valence-electron chi connectivity index (χ3n) is 5.67. The van der Waals surface area contributed by atoms with Gasteiger partial charge in [-0.3, -0.25) is 9.59 Å². The highest BCUT2D eigenvalue weighted by Gasteiger charge is 2.24.